The third-order valence-corrected chi connectivity index (χ3v) is 5.50. The quantitative estimate of drug-likeness (QED) is 0.686. The van der Waals surface area contributed by atoms with E-state index < -0.39 is 0 Å². The SMILES string of the molecule is CCCNc1cc(N2CCCC(CCC(=O)Nc3cc(C)ccc3C)C2)ncn1. The van der Waals surface area contributed by atoms with Crippen LogP contribution in [-0.2, 0) is 4.79 Å². The Morgan fingerprint density at radius 3 is 2.93 bits per heavy atom. The molecule has 1 unspecified atom stereocenters. The van der Waals surface area contributed by atoms with Crippen molar-refractivity contribution in [2.45, 2.75) is 52.9 Å². The highest BCUT2D eigenvalue weighted by molar-refractivity contribution is 5.91. The Labute approximate surface area is 174 Å². The van der Waals surface area contributed by atoms with E-state index in [1.165, 1.54) is 6.42 Å². The molecule has 29 heavy (non-hydrogen) atoms. The van der Waals surface area contributed by atoms with Gasteiger partial charge in [0.25, 0.3) is 0 Å². The van der Waals surface area contributed by atoms with Gasteiger partial charge in [0.15, 0.2) is 0 Å². The number of piperidine rings is 1. The van der Waals surface area contributed by atoms with Crippen LogP contribution in [0.15, 0.2) is 30.6 Å². The van der Waals surface area contributed by atoms with Crippen molar-refractivity contribution in [3.8, 4) is 0 Å². The minimum atomic E-state index is 0.101. The van der Waals surface area contributed by atoms with Crippen molar-refractivity contribution in [3.05, 3.63) is 41.7 Å². The molecule has 1 aromatic heterocycles. The predicted octanol–water partition coefficient (Wildman–Crippen LogP) is 4.55. The number of amides is 1. The molecule has 0 saturated carbocycles. The summed E-state index contributed by atoms with van der Waals surface area (Å²) in [6, 6.07) is 8.19. The molecule has 0 spiro atoms. The van der Waals surface area contributed by atoms with Crippen LogP contribution in [0.3, 0.4) is 0 Å². The molecular weight excluding hydrogens is 362 g/mol. The number of rotatable bonds is 8. The molecule has 1 fully saturated rings. The number of nitrogens with zero attached hydrogens (tertiary/aromatic N) is 3. The number of carbonyl (C=O) groups is 1. The lowest BCUT2D eigenvalue weighted by molar-refractivity contribution is -0.116. The van der Waals surface area contributed by atoms with E-state index in [-0.39, 0.29) is 5.91 Å². The first-order valence-corrected chi connectivity index (χ1v) is 10.7. The van der Waals surface area contributed by atoms with E-state index in [4.69, 9.17) is 0 Å². The summed E-state index contributed by atoms with van der Waals surface area (Å²) >= 11 is 0. The first-order chi connectivity index (χ1) is 14.0. The molecule has 6 heteroatoms. The normalized spacial score (nSPS) is 16.5. The molecule has 1 saturated heterocycles. The zero-order valence-corrected chi connectivity index (χ0v) is 17.9. The molecule has 1 atom stereocenters. The largest absolute Gasteiger partial charge is 0.370 e. The van der Waals surface area contributed by atoms with Gasteiger partial charge in [0.05, 0.1) is 0 Å². The van der Waals surface area contributed by atoms with Crippen LogP contribution in [0.4, 0.5) is 17.3 Å². The number of aryl methyl sites for hydroxylation is 2. The molecular formula is C23H33N5O. The molecule has 1 aromatic carbocycles. The molecule has 3 rings (SSSR count). The standard InChI is InChI=1S/C23H33N5O/c1-4-11-24-21-14-22(26-16-25-21)28-12-5-6-19(15-28)9-10-23(29)27-20-13-17(2)7-8-18(20)3/h7-8,13-14,16,19H,4-6,9-12,15H2,1-3H3,(H,27,29)(H,24,25,26). The summed E-state index contributed by atoms with van der Waals surface area (Å²) in [6.07, 6.45) is 6.45. The van der Waals surface area contributed by atoms with Crippen molar-refractivity contribution in [1.82, 2.24) is 9.97 Å². The monoisotopic (exact) mass is 395 g/mol. The maximum Gasteiger partial charge on any atom is 0.224 e. The molecule has 0 radical (unpaired) electrons. The van der Waals surface area contributed by atoms with E-state index in [1.54, 1.807) is 6.33 Å². The van der Waals surface area contributed by atoms with E-state index in [0.29, 0.717) is 12.3 Å². The fourth-order valence-electron chi connectivity index (χ4n) is 3.80. The first kappa shape index (κ1) is 21.1. The van der Waals surface area contributed by atoms with Crippen molar-refractivity contribution in [3.63, 3.8) is 0 Å². The maximum atomic E-state index is 12.5. The number of nitrogens with one attached hydrogen (secondary N) is 2. The second-order valence-electron chi connectivity index (χ2n) is 8.05. The molecule has 156 valence electrons. The third-order valence-electron chi connectivity index (χ3n) is 5.50. The molecule has 1 amide bonds. The molecule has 1 aliphatic heterocycles. The summed E-state index contributed by atoms with van der Waals surface area (Å²) < 4.78 is 0. The number of carbonyl (C=O) groups excluding carboxylic acids is 1. The van der Waals surface area contributed by atoms with Crippen molar-refractivity contribution >= 4 is 23.2 Å². The van der Waals surface area contributed by atoms with Crippen LogP contribution in [-0.4, -0.2) is 35.5 Å². The average molecular weight is 396 g/mol. The average Bonchev–Trinajstić information content (AvgIpc) is 2.74. The topological polar surface area (TPSA) is 70.2 Å². The van der Waals surface area contributed by atoms with Crippen molar-refractivity contribution < 1.29 is 4.79 Å². The first-order valence-electron chi connectivity index (χ1n) is 10.7. The summed E-state index contributed by atoms with van der Waals surface area (Å²) in [5.41, 5.74) is 3.18. The molecule has 0 aliphatic carbocycles. The second-order valence-corrected chi connectivity index (χ2v) is 8.05. The zero-order chi connectivity index (χ0) is 20.6. The Kier molecular flexibility index (Phi) is 7.44. The van der Waals surface area contributed by atoms with Gasteiger partial charge in [-0.25, -0.2) is 9.97 Å². The summed E-state index contributed by atoms with van der Waals surface area (Å²) in [4.78, 5) is 23.6. The Morgan fingerprint density at radius 2 is 2.10 bits per heavy atom. The van der Waals surface area contributed by atoms with Crippen LogP contribution < -0.4 is 15.5 Å². The van der Waals surface area contributed by atoms with Gasteiger partial charge in [-0.3, -0.25) is 4.79 Å². The Hall–Kier alpha value is -2.63. The summed E-state index contributed by atoms with van der Waals surface area (Å²) in [7, 11) is 0. The molecule has 1 aliphatic rings. The molecule has 0 bridgehead atoms. The van der Waals surface area contributed by atoms with E-state index in [1.807, 2.05) is 26.0 Å². The highest BCUT2D eigenvalue weighted by atomic mass is 16.1. The smallest absolute Gasteiger partial charge is 0.224 e. The fraction of sp³-hybridized carbons (Fsp3) is 0.522. The van der Waals surface area contributed by atoms with Gasteiger partial charge in [-0.1, -0.05) is 19.1 Å². The Balaban J connectivity index is 1.52. The highest BCUT2D eigenvalue weighted by Gasteiger charge is 2.22. The summed E-state index contributed by atoms with van der Waals surface area (Å²) in [5.74, 6) is 2.47. The minimum Gasteiger partial charge on any atom is -0.370 e. The maximum absolute atomic E-state index is 12.5. The zero-order valence-electron chi connectivity index (χ0n) is 17.9. The Morgan fingerprint density at radius 1 is 1.24 bits per heavy atom. The van der Waals surface area contributed by atoms with Crippen LogP contribution >= 0.6 is 0 Å². The number of benzene rings is 1. The van der Waals surface area contributed by atoms with E-state index in [9.17, 15) is 4.79 Å². The number of hydrogen-bond acceptors (Lipinski definition) is 5. The van der Waals surface area contributed by atoms with Gasteiger partial charge in [-0.15, -0.1) is 0 Å². The number of aromatic nitrogens is 2. The lowest BCUT2D eigenvalue weighted by Crippen LogP contribution is -2.36. The van der Waals surface area contributed by atoms with Crippen LogP contribution in [0.2, 0.25) is 0 Å². The lowest BCUT2D eigenvalue weighted by Gasteiger charge is -2.33. The van der Waals surface area contributed by atoms with E-state index >= 15 is 0 Å². The van der Waals surface area contributed by atoms with E-state index in [2.05, 4.69) is 44.6 Å². The van der Waals surface area contributed by atoms with Gasteiger partial charge >= 0.3 is 0 Å². The lowest BCUT2D eigenvalue weighted by atomic mass is 9.93. The van der Waals surface area contributed by atoms with Gasteiger partial charge in [0, 0.05) is 37.8 Å². The number of hydrogen-bond donors (Lipinski definition) is 2. The number of anilines is 3. The highest BCUT2D eigenvalue weighted by Crippen LogP contribution is 2.26. The third kappa shape index (κ3) is 6.17. The summed E-state index contributed by atoms with van der Waals surface area (Å²) in [5, 5.41) is 6.41. The van der Waals surface area contributed by atoms with Crippen LogP contribution in [0.25, 0.3) is 0 Å². The Bertz CT molecular complexity index is 823. The molecule has 2 N–H and O–H groups in total. The molecule has 2 heterocycles. The molecule has 2 aromatic rings. The van der Waals surface area contributed by atoms with E-state index in [0.717, 1.165) is 67.3 Å². The second kappa shape index (κ2) is 10.2. The van der Waals surface area contributed by atoms with Gasteiger partial charge in [-0.2, -0.15) is 0 Å². The van der Waals surface area contributed by atoms with Gasteiger partial charge < -0.3 is 15.5 Å². The van der Waals surface area contributed by atoms with Crippen LogP contribution in [0.5, 0.6) is 0 Å². The van der Waals surface area contributed by atoms with Crippen LogP contribution in [0.1, 0.15) is 50.2 Å². The van der Waals surface area contributed by atoms with Crippen molar-refractivity contribution in [2.75, 3.05) is 35.2 Å². The molecule has 6 nitrogen and oxygen atoms in total. The van der Waals surface area contributed by atoms with Gasteiger partial charge in [0.1, 0.15) is 18.0 Å². The summed E-state index contributed by atoms with van der Waals surface area (Å²) in [6.45, 7) is 9.08. The van der Waals surface area contributed by atoms with Crippen molar-refractivity contribution in [1.29, 1.82) is 0 Å². The van der Waals surface area contributed by atoms with Crippen LogP contribution in [0, 0.1) is 19.8 Å². The van der Waals surface area contributed by atoms with Crippen molar-refractivity contribution in [2.24, 2.45) is 5.92 Å². The predicted molar refractivity (Wildman–Crippen MR) is 120 cm³/mol. The van der Waals surface area contributed by atoms with Gasteiger partial charge in [-0.05, 0) is 62.6 Å². The fourth-order valence-corrected chi connectivity index (χ4v) is 3.80. The minimum absolute atomic E-state index is 0.101. The van der Waals surface area contributed by atoms with Gasteiger partial charge in [0.2, 0.25) is 5.91 Å².